The highest BCUT2D eigenvalue weighted by Gasteiger charge is 2.38. The van der Waals surface area contributed by atoms with Gasteiger partial charge < -0.3 is 119 Å². The molecule has 0 aliphatic carbocycles. The maximum Gasteiger partial charge on any atom is 0.469 e. The second-order valence-corrected chi connectivity index (χ2v) is 28.7. The van der Waals surface area contributed by atoms with Crippen molar-refractivity contribution >= 4 is 89.9 Å². The molecule has 0 spiro atoms. The number of phosphoric acid groups is 1. The number of aliphatic hydroxyl groups excluding tert-OH is 5. The number of nitrogens with zero attached hydrogens (tertiary/aromatic N) is 13. The van der Waals surface area contributed by atoms with Crippen molar-refractivity contribution in [3.63, 3.8) is 0 Å². The maximum absolute atomic E-state index is 13.8. The van der Waals surface area contributed by atoms with E-state index in [1.807, 2.05) is 20.5 Å². The van der Waals surface area contributed by atoms with Crippen molar-refractivity contribution in [3.05, 3.63) is 219 Å². The maximum atomic E-state index is 13.8. The molecule has 0 radical (unpaired) electrons. The first kappa shape index (κ1) is 130. The van der Waals surface area contributed by atoms with Gasteiger partial charge in [-0.3, -0.25) is 23.7 Å². The molecule has 1 aliphatic heterocycles. The third-order valence-electron chi connectivity index (χ3n) is 15.1. The van der Waals surface area contributed by atoms with E-state index >= 15 is 0 Å². The monoisotopic (exact) mass is 2060 g/mol. The Labute approximate surface area is 793 Å². The Morgan fingerprint density at radius 2 is 0.647 bits per heavy atom. The second-order valence-electron chi connectivity index (χ2n) is 24.8. The van der Waals surface area contributed by atoms with Crippen LogP contribution in [0, 0.1) is 69.8 Å². The zero-order chi connectivity index (χ0) is 103. The van der Waals surface area contributed by atoms with Crippen molar-refractivity contribution in [2.24, 2.45) is 31.9 Å². The van der Waals surface area contributed by atoms with E-state index in [-0.39, 0.29) is 131 Å². The summed E-state index contributed by atoms with van der Waals surface area (Å²) in [5.41, 5.74) is 33.1. The Morgan fingerprint density at radius 3 is 0.914 bits per heavy atom. The zero-order valence-electron chi connectivity index (χ0n) is 73.6. The van der Waals surface area contributed by atoms with E-state index in [1.165, 1.54) is 15.9 Å². The first-order chi connectivity index (χ1) is 66.4. The van der Waals surface area contributed by atoms with Crippen LogP contribution in [0.25, 0.3) is 41.8 Å². The molecule has 4 amide bonds. The van der Waals surface area contributed by atoms with E-state index in [0.29, 0.717) is 131 Å². The van der Waals surface area contributed by atoms with Crippen molar-refractivity contribution < 1.29 is 183 Å². The fourth-order valence-corrected chi connectivity index (χ4v) is 12.0. The van der Waals surface area contributed by atoms with Crippen molar-refractivity contribution in [2.45, 2.75) is 20.3 Å². The molecule has 6 aromatic carbocycles. The van der Waals surface area contributed by atoms with E-state index in [9.17, 15) is 81.2 Å². The van der Waals surface area contributed by atoms with Gasteiger partial charge in [-0.2, -0.15) is 0 Å². The Kier molecular flexibility index (Phi) is 78.0. The molecular weight excluding hydrogens is 1960 g/mol. The minimum Gasteiger partial charge on any atom is -0.394 e. The molecular formula is C80H108ClF12N17O27P2. The molecule has 6 aromatic rings. The van der Waals surface area contributed by atoms with Crippen LogP contribution < -0.4 is 38.0 Å². The fraction of sp³-hybridized carbons (Fsp3) is 0.487. The molecule has 0 bridgehead atoms. The Hall–Kier alpha value is -10.7. The summed E-state index contributed by atoms with van der Waals surface area (Å²) >= 11 is 5.34. The van der Waals surface area contributed by atoms with Crippen molar-refractivity contribution in [1.29, 1.82) is 0 Å². The lowest BCUT2D eigenvalue weighted by atomic mass is 10.1. The zero-order valence-corrected chi connectivity index (χ0v) is 76.1. The molecule has 59 heteroatoms. The smallest absolute Gasteiger partial charge is 0.394 e. The van der Waals surface area contributed by atoms with Crippen LogP contribution in [0.15, 0.2) is 111 Å². The van der Waals surface area contributed by atoms with Crippen LogP contribution in [0.1, 0.15) is 51.3 Å². The third-order valence-corrected chi connectivity index (χ3v) is 18.3. The Morgan fingerprint density at radius 1 is 0.388 bits per heavy atom. The van der Waals surface area contributed by atoms with Crippen LogP contribution >= 0.6 is 27.3 Å². The summed E-state index contributed by atoms with van der Waals surface area (Å²) in [5, 5.41) is 60.5. The molecule has 13 N–H and O–H groups in total. The van der Waals surface area contributed by atoms with Gasteiger partial charge in [-0.05, 0) is 46.0 Å². The quantitative estimate of drug-likeness (QED) is 0.00195. The largest absolute Gasteiger partial charge is 0.469 e. The highest BCUT2D eigenvalue weighted by molar-refractivity contribution is 7.79. The van der Waals surface area contributed by atoms with Crippen LogP contribution in [0.5, 0.6) is 0 Å². The molecule has 7 rings (SSSR count). The molecule has 0 atom stereocenters. The van der Waals surface area contributed by atoms with Gasteiger partial charge in [0.1, 0.15) is 33.8 Å². The average molecular weight is 2070 g/mol. The SMILES string of the molecule is C.NCCOCCOCCO.NCCOCCOCCO.OCCOCCOCCCl.[N-]=[N+]=NCCOCCOCCO.[N-]=[N+]=Nc1c(F)c(F)c(C(=O)NCCOCCOCCO)c(F)c1F.[N-]=[N+]=Nc1c(F)c(F)c(C(=O)NCCOCCOCCOP(=O)(O)O)c(F)c1F.[N-]=[N+]=Nc1c(F)c(F)c(C(=O)ON2C(=O)CCC2=O)c(F)c1F.c1ccc(P(c2ccccc2)c2ccccc2)cc1. The highest BCUT2D eigenvalue weighted by atomic mass is 35.5. The number of nitrogens with one attached hydrogen (secondary N) is 2. The van der Waals surface area contributed by atoms with Crippen molar-refractivity contribution in [3.8, 4) is 0 Å². The number of carbonyl (C=O) groups excluding carboxylic acids is 5. The minimum atomic E-state index is -4.56. The summed E-state index contributed by atoms with van der Waals surface area (Å²) in [7, 11) is -5.01. The summed E-state index contributed by atoms with van der Waals surface area (Å²) in [6, 6.07) is 32.3. The molecule has 1 saturated heterocycles. The van der Waals surface area contributed by atoms with Crippen LogP contribution in [-0.4, -0.2) is 307 Å². The average Bonchev–Trinajstić information content (AvgIpc) is 0.904. The fourth-order valence-electron chi connectivity index (χ4n) is 9.29. The first-order valence-electron chi connectivity index (χ1n) is 40.4. The number of aliphatic hydroxyl groups is 5. The summed E-state index contributed by atoms with van der Waals surface area (Å²) in [6.07, 6.45) is -0.592. The molecule has 0 unspecified atom stereocenters. The number of benzene rings is 6. The number of halogens is 13. The molecule has 776 valence electrons. The van der Waals surface area contributed by atoms with E-state index in [0.717, 1.165) is 0 Å². The number of amides is 4. The predicted molar refractivity (Wildman–Crippen MR) is 474 cm³/mol. The molecule has 1 fully saturated rings. The number of phosphoric ester groups is 1. The van der Waals surface area contributed by atoms with Crippen molar-refractivity contribution in [1.82, 2.24) is 15.7 Å². The van der Waals surface area contributed by atoms with Crippen LogP contribution in [0.4, 0.5) is 69.7 Å². The first-order valence-corrected chi connectivity index (χ1v) is 43.8. The Bertz CT molecular complexity index is 4490. The number of carbonyl (C=O) groups is 5. The number of alkyl halides is 1. The van der Waals surface area contributed by atoms with Gasteiger partial charge in [0.15, 0.2) is 69.8 Å². The lowest BCUT2D eigenvalue weighted by molar-refractivity contribution is -0.172. The molecule has 44 nitrogen and oxygen atoms in total. The number of hydroxylamine groups is 2. The van der Waals surface area contributed by atoms with Gasteiger partial charge in [0.2, 0.25) is 0 Å². The van der Waals surface area contributed by atoms with Gasteiger partial charge in [0.25, 0.3) is 23.6 Å². The lowest BCUT2D eigenvalue weighted by Gasteiger charge is -2.18. The summed E-state index contributed by atoms with van der Waals surface area (Å²) in [5.74, 6) is -30.9. The van der Waals surface area contributed by atoms with E-state index < -0.39 is 149 Å². The molecule has 0 aromatic heterocycles. The highest BCUT2D eigenvalue weighted by Crippen LogP contribution is 2.37. The number of rotatable bonds is 57. The van der Waals surface area contributed by atoms with E-state index in [1.54, 1.807) is 0 Å². The van der Waals surface area contributed by atoms with Gasteiger partial charge in [-0.25, -0.2) is 62.0 Å². The molecule has 1 heterocycles. The predicted octanol–water partition coefficient (Wildman–Crippen LogP) is 9.00. The summed E-state index contributed by atoms with van der Waals surface area (Å²) in [4.78, 5) is 87.2. The normalized spacial score (nSPS) is 11.0. The lowest BCUT2D eigenvalue weighted by Crippen LogP contribution is -2.33. The molecule has 139 heavy (non-hydrogen) atoms. The standard InChI is InChI=1S/C18H15P.C13H15F4N4O7P.C13H14F4N4O4.C11H4F4N4O4.C6H13ClO3.C6H13N3O3.2C6H15NO3.CH4/c1-4-10-16(11-5-1)19(17-12-6-2-7-13-17)18-14-8-3-9-15-18;14-8-7(9(15)11(17)12(10(8)16)20-21-18)13(22)19-1-2-26-3-4-27-5-6-28-29(23,24)25;14-8-7(9(15)11(17)12(10(8)16)20-21-18)13(23)19-1-3-24-5-6-25-4-2-22;12-6-5(7(13)9(15)10(8(6)14)17-18-16)11(22)23-19-3(20)1-2-4(19)21;7-1-3-9-5-6-10-4-2-8;7-9-8-1-3-11-5-6-12-4-2-10;2*7-1-3-9-5-6-10-4-2-8;/h1-15H;1-6H2,(H,19,22)(H2,23,24,25);22H,1-6H2,(H,19,23);1-2H2;8H,1-6H2;10H,1-6H2;2*8H,1-7H2;1H4. The van der Waals surface area contributed by atoms with E-state index in [4.69, 9.17) is 137 Å². The number of nitrogens with two attached hydrogens (primary N) is 2. The number of azide groups is 4. The van der Waals surface area contributed by atoms with Gasteiger partial charge in [-0.15, -0.1) is 16.7 Å². The van der Waals surface area contributed by atoms with E-state index in [2.05, 4.69) is 131 Å². The molecule has 0 saturated carbocycles. The van der Waals surface area contributed by atoms with Gasteiger partial charge in [-0.1, -0.05) is 119 Å². The summed E-state index contributed by atoms with van der Waals surface area (Å²) < 4.78 is 238. The Balaban J connectivity index is 0. The van der Waals surface area contributed by atoms with Crippen LogP contribution in [-0.2, 0) is 80.4 Å². The summed E-state index contributed by atoms with van der Waals surface area (Å²) in [6.45, 7) is 8.59. The number of ether oxygens (including phenoxy) is 12. The van der Waals surface area contributed by atoms with Crippen LogP contribution in [0.3, 0.4) is 0 Å². The van der Waals surface area contributed by atoms with Crippen LogP contribution in [0.2, 0.25) is 0 Å². The molecule has 1 aliphatic rings. The second kappa shape index (κ2) is 83.2. The minimum absolute atomic E-state index is 0. The van der Waals surface area contributed by atoms with Crippen molar-refractivity contribution in [2.75, 3.05) is 237 Å². The van der Waals surface area contributed by atoms with Gasteiger partial charge in [0.05, 0.1) is 198 Å². The number of imide groups is 1. The number of hydrogen-bond acceptors (Lipinski definition) is 31. The topological polar surface area (TPSA) is 648 Å². The number of hydrogen-bond donors (Lipinski definition) is 11. The van der Waals surface area contributed by atoms with Gasteiger partial charge in [0, 0.05) is 71.1 Å². The third kappa shape index (κ3) is 55.8. The van der Waals surface area contributed by atoms with Gasteiger partial charge >= 0.3 is 13.8 Å².